The standard InChI is InChI=1S/C13H17ClO/c1-2-11-12(14)8-9-15-13(11)10-6-4-3-5-7-10/h3-7,11-13H,2,8-9H2,1H3/t11-,12+,13+/m0/s1. The van der Waals surface area contributed by atoms with Crippen molar-refractivity contribution >= 4 is 11.6 Å². The van der Waals surface area contributed by atoms with Crippen molar-refractivity contribution in [2.24, 2.45) is 5.92 Å². The summed E-state index contributed by atoms with van der Waals surface area (Å²) in [6, 6.07) is 10.4. The molecule has 0 spiro atoms. The Labute approximate surface area is 96.4 Å². The first-order valence-corrected chi connectivity index (χ1v) is 6.07. The van der Waals surface area contributed by atoms with Crippen LogP contribution in [0.2, 0.25) is 0 Å². The zero-order chi connectivity index (χ0) is 10.7. The Morgan fingerprint density at radius 3 is 2.73 bits per heavy atom. The Hall–Kier alpha value is -0.530. The third-order valence-corrected chi connectivity index (χ3v) is 3.69. The molecule has 82 valence electrons. The number of alkyl halides is 1. The lowest BCUT2D eigenvalue weighted by Gasteiger charge is -2.35. The van der Waals surface area contributed by atoms with Crippen molar-refractivity contribution in [3.63, 3.8) is 0 Å². The number of ether oxygens (including phenoxy) is 1. The largest absolute Gasteiger partial charge is 0.373 e. The van der Waals surface area contributed by atoms with E-state index in [1.54, 1.807) is 0 Å². The molecule has 1 aliphatic heterocycles. The van der Waals surface area contributed by atoms with Gasteiger partial charge in [-0.15, -0.1) is 11.6 Å². The number of rotatable bonds is 2. The second kappa shape index (κ2) is 5.00. The molecule has 0 bridgehead atoms. The van der Waals surface area contributed by atoms with Gasteiger partial charge in [0.25, 0.3) is 0 Å². The van der Waals surface area contributed by atoms with Crippen LogP contribution in [-0.2, 0) is 4.74 Å². The van der Waals surface area contributed by atoms with E-state index in [0.717, 1.165) is 19.4 Å². The molecule has 0 saturated carbocycles. The van der Waals surface area contributed by atoms with Crippen LogP contribution in [0.25, 0.3) is 0 Å². The molecule has 1 aromatic carbocycles. The molecule has 2 heteroatoms. The predicted octanol–water partition coefficient (Wildman–Crippen LogP) is 3.78. The minimum absolute atomic E-state index is 0.187. The summed E-state index contributed by atoms with van der Waals surface area (Å²) in [6.07, 6.45) is 2.24. The van der Waals surface area contributed by atoms with Crippen LogP contribution in [0.4, 0.5) is 0 Å². The van der Waals surface area contributed by atoms with Crippen molar-refractivity contribution in [2.75, 3.05) is 6.61 Å². The van der Waals surface area contributed by atoms with E-state index in [-0.39, 0.29) is 11.5 Å². The number of halogens is 1. The van der Waals surface area contributed by atoms with Crippen molar-refractivity contribution in [1.82, 2.24) is 0 Å². The summed E-state index contributed by atoms with van der Waals surface area (Å²) in [5, 5.41) is 0.258. The molecule has 1 saturated heterocycles. The van der Waals surface area contributed by atoms with Gasteiger partial charge in [-0.05, 0) is 18.4 Å². The van der Waals surface area contributed by atoms with E-state index < -0.39 is 0 Å². The van der Waals surface area contributed by atoms with Gasteiger partial charge in [0, 0.05) is 17.9 Å². The van der Waals surface area contributed by atoms with E-state index in [0.29, 0.717) is 5.92 Å². The van der Waals surface area contributed by atoms with E-state index in [1.165, 1.54) is 5.56 Å². The third kappa shape index (κ3) is 2.35. The summed E-state index contributed by atoms with van der Waals surface area (Å²) in [4.78, 5) is 0. The second-order valence-electron chi connectivity index (χ2n) is 4.08. The maximum absolute atomic E-state index is 6.35. The Balaban J connectivity index is 2.19. The van der Waals surface area contributed by atoms with Gasteiger partial charge in [0.1, 0.15) is 0 Å². The molecule has 0 unspecified atom stereocenters. The summed E-state index contributed by atoms with van der Waals surface area (Å²) < 4.78 is 5.85. The molecule has 1 heterocycles. The lowest BCUT2D eigenvalue weighted by atomic mass is 9.87. The van der Waals surface area contributed by atoms with Crippen LogP contribution in [0.15, 0.2) is 30.3 Å². The Morgan fingerprint density at radius 2 is 2.07 bits per heavy atom. The SMILES string of the molecule is CC[C@H]1[C@H](Cl)CCO[C@@H]1c1ccccc1. The molecule has 15 heavy (non-hydrogen) atoms. The van der Waals surface area contributed by atoms with Crippen molar-refractivity contribution < 1.29 is 4.74 Å². The fourth-order valence-electron chi connectivity index (χ4n) is 2.29. The first-order valence-electron chi connectivity index (χ1n) is 5.63. The smallest absolute Gasteiger partial charge is 0.0867 e. The van der Waals surface area contributed by atoms with Gasteiger partial charge >= 0.3 is 0 Å². The molecule has 1 aromatic rings. The van der Waals surface area contributed by atoms with E-state index in [9.17, 15) is 0 Å². The van der Waals surface area contributed by atoms with Gasteiger partial charge in [0.2, 0.25) is 0 Å². The normalized spacial score (nSPS) is 31.5. The lowest BCUT2D eigenvalue weighted by molar-refractivity contribution is -0.0269. The third-order valence-electron chi connectivity index (χ3n) is 3.14. The second-order valence-corrected chi connectivity index (χ2v) is 4.64. The molecule has 0 N–H and O–H groups in total. The Kier molecular flexibility index (Phi) is 3.66. The Bertz CT molecular complexity index is 299. The highest BCUT2D eigenvalue weighted by molar-refractivity contribution is 6.20. The van der Waals surface area contributed by atoms with Crippen molar-refractivity contribution in [3.05, 3.63) is 35.9 Å². The monoisotopic (exact) mass is 224 g/mol. The molecule has 3 atom stereocenters. The maximum atomic E-state index is 6.35. The molecule has 0 radical (unpaired) electrons. The van der Waals surface area contributed by atoms with Gasteiger partial charge < -0.3 is 4.74 Å². The van der Waals surface area contributed by atoms with E-state index in [4.69, 9.17) is 16.3 Å². The predicted molar refractivity (Wildman–Crippen MR) is 63.2 cm³/mol. The first-order chi connectivity index (χ1) is 7.33. The van der Waals surface area contributed by atoms with Gasteiger partial charge in [-0.25, -0.2) is 0 Å². The van der Waals surface area contributed by atoms with Crippen LogP contribution >= 0.6 is 11.6 Å². The first kappa shape index (κ1) is 11.0. The molecule has 1 nitrogen and oxygen atoms in total. The number of hydrogen-bond donors (Lipinski definition) is 0. The summed E-state index contributed by atoms with van der Waals surface area (Å²) in [6.45, 7) is 2.97. The van der Waals surface area contributed by atoms with Gasteiger partial charge in [0.15, 0.2) is 0 Å². The average molecular weight is 225 g/mol. The molecular weight excluding hydrogens is 208 g/mol. The van der Waals surface area contributed by atoms with Crippen molar-refractivity contribution in [3.8, 4) is 0 Å². The highest BCUT2D eigenvalue weighted by atomic mass is 35.5. The van der Waals surface area contributed by atoms with Crippen LogP contribution < -0.4 is 0 Å². The van der Waals surface area contributed by atoms with Crippen molar-refractivity contribution in [1.29, 1.82) is 0 Å². The van der Waals surface area contributed by atoms with E-state index in [2.05, 4.69) is 31.2 Å². The summed E-state index contributed by atoms with van der Waals surface area (Å²) in [5.74, 6) is 0.447. The minimum atomic E-state index is 0.187. The molecule has 2 rings (SSSR count). The maximum Gasteiger partial charge on any atom is 0.0867 e. The van der Waals surface area contributed by atoms with Gasteiger partial charge in [-0.3, -0.25) is 0 Å². The zero-order valence-corrected chi connectivity index (χ0v) is 9.78. The average Bonchev–Trinajstić information content (AvgIpc) is 2.30. The number of hydrogen-bond acceptors (Lipinski definition) is 1. The van der Waals surface area contributed by atoms with Gasteiger partial charge in [0.05, 0.1) is 6.10 Å². The van der Waals surface area contributed by atoms with E-state index in [1.807, 2.05) is 6.07 Å². The minimum Gasteiger partial charge on any atom is -0.373 e. The quantitative estimate of drug-likeness (QED) is 0.695. The Morgan fingerprint density at radius 1 is 1.33 bits per heavy atom. The van der Waals surface area contributed by atoms with Gasteiger partial charge in [-0.2, -0.15) is 0 Å². The van der Waals surface area contributed by atoms with Crippen molar-refractivity contribution in [2.45, 2.75) is 31.2 Å². The molecule has 1 aliphatic rings. The lowest BCUT2D eigenvalue weighted by Crippen LogP contribution is -2.31. The van der Waals surface area contributed by atoms with Crippen LogP contribution in [0, 0.1) is 5.92 Å². The fraction of sp³-hybridized carbons (Fsp3) is 0.538. The van der Waals surface area contributed by atoms with Crippen LogP contribution in [-0.4, -0.2) is 12.0 Å². The molecule has 1 fully saturated rings. The highest BCUT2D eigenvalue weighted by Crippen LogP contribution is 2.38. The van der Waals surface area contributed by atoms with E-state index >= 15 is 0 Å². The topological polar surface area (TPSA) is 9.23 Å². The molecular formula is C13H17ClO. The summed E-state index contributed by atoms with van der Waals surface area (Å²) in [5.41, 5.74) is 1.26. The molecule has 0 amide bonds. The zero-order valence-electron chi connectivity index (χ0n) is 9.03. The fourth-order valence-corrected chi connectivity index (χ4v) is 2.69. The van der Waals surface area contributed by atoms with Crippen LogP contribution in [0.1, 0.15) is 31.4 Å². The van der Waals surface area contributed by atoms with Gasteiger partial charge in [-0.1, -0.05) is 37.3 Å². The highest BCUT2D eigenvalue weighted by Gasteiger charge is 2.32. The summed E-state index contributed by atoms with van der Waals surface area (Å²) in [7, 11) is 0. The number of benzene rings is 1. The van der Waals surface area contributed by atoms with Crippen LogP contribution in [0.3, 0.4) is 0 Å². The summed E-state index contributed by atoms with van der Waals surface area (Å²) >= 11 is 6.35. The molecule has 0 aliphatic carbocycles. The van der Waals surface area contributed by atoms with Crippen LogP contribution in [0.5, 0.6) is 0 Å². The molecule has 0 aromatic heterocycles.